The average Bonchev–Trinajstić information content (AvgIpc) is 3.03. The number of aliphatic hydroxyl groups is 1. The van der Waals surface area contributed by atoms with E-state index in [-0.39, 0.29) is 49.0 Å². The molecule has 48 heavy (non-hydrogen) atoms. The molecule has 3 aromatic rings. The lowest BCUT2D eigenvalue weighted by molar-refractivity contribution is 0.0621. The minimum Gasteiger partial charge on any atom is -0.390 e. The third-order valence-electron chi connectivity index (χ3n) is 8.55. The number of aryl methyl sites for hydroxylation is 2. The zero-order valence-electron chi connectivity index (χ0n) is 28.3. The Hall–Kier alpha value is -3.67. The van der Waals surface area contributed by atoms with Gasteiger partial charge in [0, 0.05) is 56.0 Å². The molecule has 1 aliphatic rings. The van der Waals surface area contributed by atoms with Crippen LogP contribution < -0.4 is 5.32 Å². The fourth-order valence-corrected chi connectivity index (χ4v) is 7.93. The van der Waals surface area contributed by atoms with Crippen molar-refractivity contribution >= 4 is 21.7 Å². The summed E-state index contributed by atoms with van der Waals surface area (Å²) in [5, 5.41) is 14.4. The minimum atomic E-state index is -3.36. The summed E-state index contributed by atoms with van der Waals surface area (Å²) >= 11 is 0. The van der Waals surface area contributed by atoms with Gasteiger partial charge >= 0.3 is 0 Å². The van der Waals surface area contributed by atoms with Crippen molar-refractivity contribution in [2.75, 3.05) is 38.5 Å². The van der Waals surface area contributed by atoms with Gasteiger partial charge in [-0.2, -0.15) is 0 Å². The fourth-order valence-electron chi connectivity index (χ4n) is 6.27. The number of carbonyl (C=O) groups excluding carboxylic acids is 2. The highest BCUT2D eigenvalue weighted by Crippen LogP contribution is 2.29. The van der Waals surface area contributed by atoms with Crippen LogP contribution in [0.2, 0.25) is 0 Å². The molecule has 0 radical (unpaired) electrons. The molecule has 2 atom stereocenters. The standard InChI is InChI=1S/C37H47F2N3O5S/c1-5-11-41(12-6-2)36(44)29-14-25(4)15-30(19-29)37(45)42(13-10-27-16-31(38)20-32(39)17-27)22-33(43)21-40-35-24-48(46,47)23-28-9-8-26(7-3)18-34(28)35/h8-9,14-20,33,35,40,43H,5-7,10-13,21-24H2,1-4H3/t33-,35+/m1/s1. The first-order valence-corrected chi connectivity index (χ1v) is 18.5. The summed E-state index contributed by atoms with van der Waals surface area (Å²) in [6, 6.07) is 13.4. The first-order valence-electron chi connectivity index (χ1n) is 16.7. The van der Waals surface area contributed by atoms with E-state index >= 15 is 0 Å². The molecule has 0 spiro atoms. The lowest BCUT2D eigenvalue weighted by Gasteiger charge is -2.30. The van der Waals surface area contributed by atoms with Crippen molar-refractivity contribution in [2.45, 2.75) is 71.3 Å². The van der Waals surface area contributed by atoms with Crippen molar-refractivity contribution in [1.29, 1.82) is 0 Å². The van der Waals surface area contributed by atoms with Gasteiger partial charge in [0.25, 0.3) is 11.8 Å². The van der Waals surface area contributed by atoms with E-state index in [1.807, 2.05) is 39.0 Å². The van der Waals surface area contributed by atoms with Gasteiger partial charge in [-0.25, -0.2) is 17.2 Å². The van der Waals surface area contributed by atoms with Crippen molar-refractivity contribution < 1.29 is 31.9 Å². The van der Waals surface area contributed by atoms with E-state index in [4.69, 9.17) is 0 Å². The van der Waals surface area contributed by atoms with Crippen molar-refractivity contribution in [3.05, 3.63) is 105 Å². The van der Waals surface area contributed by atoms with Crippen molar-refractivity contribution in [3.63, 3.8) is 0 Å². The molecule has 11 heteroatoms. The number of nitrogens with one attached hydrogen (secondary N) is 1. The molecule has 4 rings (SSSR count). The van der Waals surface area contributed by atoms with Gasteiger partial charge in [0.15, 0.2) is 9.84 Å². The Bertz CT molecular complexity index is 1690. The molecule has 1 heterocycles. The molecule has 0 unspecified atom stereocenters. The number of sulfone groups is 1. The topological polar surface area (TPSA) is 107 Å². The Labute approximate surface area is 283 Å². The van der Waals surface area contributed by atoms with Crippen LogP contribution in [0.1, 0.15) is 88.2 Å². The maximum Gasteiger partial charge on any atom is 0.253 e. The highest BCUT2D eigenvalue weighted by molar-refractivity contribution is 7.90. The zero-order chi connectivity index (χ0) is 35.0. The predicted molar refractivity (Wildman–Crippen MR) is 184 cm³/mol. The third-order valence-corrected chi connectivity index (χ3v) is 10.1. The Morgan fingerprint density at radius 2 is 1.50 bits per heavy atom. The lowest BCUT2D eigenvalue weighted by atomic mass is 9.98. The van der Waals surface area contributed by atoms with E-state index in [9.17, 15) is 31.9 Å². The van der Waals surface area contributed by atoms with Gasteiger partial charge in [-0.05, 0) is 90.8 Å². The quantitative estimate of drug-likeness (QED) is 0.222. The van der Waals surface area contributed by atoms with Crippen LogP contribution in [0.25, 0.3) is 0 Å². The smallest absolute Gasteiger partial charge is 0.253 e. The maximum absolute atomic E-state index is 14.1. The summed E-state index contributed by atoms with van der Waals surface area (Å²) in [6.07, 6.45) is 1.40. The van der Waals surface area contributed by atoms with Gasteiger partial charge in [-0.15, -0.1) is 0 Å². The summed E-state index contributed by atoms with van der Waals surface area (Å²) in [4.78, 5) is 30.7. The highest BCUT2D eigenvalue weighted by Gasteiger charge is 2.31. The SMILES string of the molecule is CCCN(CCC)C(=O)c1cc(C)cc(C(=O)N(CCc2cc(F)cc(F)c2)C[C@H](O)CN[C@H]2CS(=O)(=O)Cc3ccc(CC)cc32)c1. The number of rotatable bonds is 15. The van der Waals surface area contributed by atoms with Crippen molar-refractivity contribution in [3.8, 4) is 0 Å². The number of aliphatic hydroxyl groups excluding tert-OH is 1. The lowest BCUT2D eigenvalue weighted by Crippen LogP contribution is -2.44. The number of hydrogen-bond donors (Lipinski definition) is 2. The van der Waals surface area contributed by atoms with Gasteiger partial charge in [0.05, 0.1) is 17.6 Å². The Balaban J connectivity index is 1.57. The summed E-state index contributed by atoms with van der Waals surface area (Å²) in [5.41, 5.74) is 4.41. The van der Waals surface area contributed by atoms with Crippen LogP contribution in [0, 0.1) is 18.6 Å². The molecule has 0 aliphatic carbocycles. The monoisotopic (exact) mass is 683 g/mol. The molecular weight excluding hydrogens is 636 g/mol. The van der Waals surface area contributed by atoms with E-state index < -0.39 is 39.5 Å². The highest BCUT2D eigenvalue weighted by atomic mass is 32.2. The third kappa shape index (κ3) is 9.93. The molecule has 0 bridgehead atoms. The van der Waals surface area contributed by atoms with Gasteiger partial charge in [0.1, 0.15) is 11.6 Å². The normalized spacial score (nSPS) is 15.9. The van der Waals surface area contributed by atoms with Crippen LogP contribution in [0.5, 0.6) is 0 Å². The molecule has 2 N–H and O–H groups in total. The second-order valence-corrected chi connectivity index (χ2v) is 14.8. The molecule has 0 saturated carbocycles. The van der Waals surface area contributed by atoms with Crippen LogP contribution in [0.4, 0.5) is 8.78 Å². The summed E-state index contributed by atoms with van der Waals surface area (Å²) in [7, 11) is -3.36. The van der Waals surface area contributed by atoms with Gasteiger partial charge in [0.2, 0.25) is 0 Å². The molecule has 1 aliphatic heterocycles. The Kier molecular flexibility index (Phi) is 12.9. The number of hydrogen-bond acceptors (Lipinski definition) is 6. The number of fused-ring (bicyclic) bond motifs is 1. The van der Waals surface area contributed by atoms with E-state index in [0.29, 0.717) is 24.2 Å². The summed E-state index contributed by atoms with van der Waals surface area (Å²) in [5.74, 6) is -2.22. The van der Waals surface area contributed by atoms with Crippen molar-refractivity contribution in [2.24, 2.45) is 0 Å². The van der Waals surface area contributed by atoms with E-state index in [1.165, 1.54) is 17.0 Å². The second-order valence-electron chi connectivity index (χ2n) is 12.7. The van der Waals surface area contributed by atoms with Crippen LogP contribution in [-0.2, 0) is 28.4 Å². The van der Waals surface area contributed by atoms with Crippen LogP contribution >= 0.6 is 0 Å². The second kappa shape index (κ2) is 16.6. The number of halogens is 2. The summed E-state index contributed by atoms with van der Waals surface area (Å²) in [6.45, 7) is 8.89. The van der Waals surface area contributed by atoms with E-state index in [0.717, 1.165) is 47.6 Å². The molecular formula is C37H47F2N3O5S. The first-order chi connectivity index (χ1) is 22.8. The Morgan fingerprint density at radius 3 is 2.10 bits per heavy atom. The zero-order valence-corrected chi connectivity index (χ0v) is 29.1. The Morgan fingerprint density at radius 1 is 0.875 bits per heavy atom. The molecule has 0 saturated heterocycles. The number of carbonyl (C=O) groups is 2. The van der Waals surface area contributed by atoms with Crippen molar-refractivity contribution in [1.82, 2.24) is 15.1 Å². The fraction of sp³-hybridized carbons (Fsp3) is 0.459. The van der Waals surface area contributed by atoms with Crippen LogP contribution in [0.15, 0.2) is 54.6 Å². The first kappa shape index (κ1) is 37.2. The number of nitrogens with zero attached hydrogens (tertiary/aromatic N) is 2. The molecule has 0 fully saturated rings. The van der Waals surface area contributed by atoms with Gasteiger partial charge in [-0.3, -0.25) is 9.59 Å². The minimum absolute atomic E-state index is 0.00506. The number of benzene rings is 3. The maximum atomic E-state index is 14.1. The predicted octanol–water partition coefficient (Wildman–Crippen LogP) is 5.40. The van der Waals surface area contributed by atoms with Crippen LogP contribution in [0.3, 0.4) is 0 Å². The van der Waals surface area contributed by atoms with Crippen LogP contribution in [-0.4, -0.2) is 79.7 Å². The van der Waals surface area contributed by atoms with E-state index in [1.54, 1.807) is 30.0 Å². The van der Waals surface area contributed by atoms with Gasteiger partial charge in [-0.1, -0.05) is 39.0 Å². The molecule has 3 aromatic carbocycles. The van der Waals surface area contributed by atoms with E-state index in [2.05, 4.69) is 5.32 Å². The largest absolute Gasteiger partial charge is 0.390 e. The molecule has 260 valence electrons. The molecule has 2 amide bonds. The summed E-state index contributed by atoms with van der Waals surface area (Å²) < 4.78 is 53.3. The molecule has 8 nitrogen and oxygen atoms in total. The molecule has 0 aromatic heterocycles. The average molecular weight is 684 g/mol. The van der Waals surface area contributed by atoms with Gasteiger partial charge < -0.3 is 20.2 Å². The number of amides is 2.